The molecule has 0 atom stereocenters. The molecule has 0 spiro atoms. The monoisotopic (exact) mass is 154 g/mol. The highest BCUT2D eigenvalue weighted by Crippen LogP contribution is 2.51. The molecular formula is C7H7ClN2. The van der Waals surface area contributed by atoms with Crippen molar-refractivity contribution in [3.8, 4) is 0 Å². The van der Waals surface area contributed by atoms with E-state index < -0.39 is 0 Å². The van der Waals surface area contributed by atoms with E-state index in [0.717, 1.165) is 18.4 Å². The van der Waals surface area contributed by atoms with Gasteiger partial charge in [-0.15, -0.1) is 11.6 Å². The van der Waals surface area contributed by atoms with Gasteiger partial charge in [0.25, 0.3) is 0 Å². The molecule has 0 radical (unpaired) electrons. The molecule has 0 N–H and O–H groups in total. The highest BCUT2D eigenvalue weighted by Gasteiger charge is 2.42. The first-order valence-corrected chi connectivity index (χ1v) is 3.65. The molecule has 2 rings (SSSR count). The molecule has 0 aliphatic heterocycles. The summed E-state index contributed by atoms with van der Waals surface area (Å²) in [6.45, 7) is 0. The van der Waals surface area contributed by atoms with Gasteiger partial charge in [0.15, 0.2) is 0 Å². The van der Waals surface area contributed by atoms with E-state index >= 15 is 0 Å². The highest BCUT2D eigenvalue weighted by atomic mass is 35.5. The maximum absolute atomic E-state index is 6.10. The van der Waals surface area contributed by atoms with Gasteiger partial charge in [-0.3, -0.25) is 0 Å². The Balaban J connectivity index is 2.35. The zero-order valence-electron chi connectivity index (χ0n) is 5.42. The fourth-order valence-electron chi connectivity index (χ4n) is 0.954. The van der Waals surface area contributed by atoms with E-state index in [-0.39, 0.29) is 4.87 Å². The average Bonchev–Trinajstić information content (AvgIpc) is 2.72. The van der Waals surface area contributed by atoms with E-state index in [9.17, 15) is 0 Å². The Hall–Kier alpha value is -0.630. The largest absolute Gasteiger partial charge is 0.159 e. The van der Waals surface area contributed by atoms with Crippen LogP contribution in [0.1, 0.15) is 18.4 Å². The van der Waals surface area contributed by atoms with Crippen LogP contribution in [0.2, 0.25) is 0 Å². The Bertz CT molecular complexity index is 231. The third kappa shape index (κ3) is 0.886. The van der Waals surface area contributed by atoms with Crippen molar-refractivity contribution in [1.82, 2.24) is 10.2 Å². The van der Waals surface area contributed by atoms with Crippen LogP contribution in [-0.4, -0.2) is 10.2 Å². The molecule has 0 aromatic carbocycles. The normalized spacial score (nSPS) is 20.5. The van der Waals surface area contributed by atoms with Gasteiger partial charge in [-0.25, -0.2) is 0 Å². The molecular weight excluding hydrogens is 148 g/mol. The fourth-order valence-corrected chi connectivity index (χ4v) is 1.16. The molecule has 52 valence electrons. The Morgan fingerprint density at radius 1 is 1.40 bits per heavy atom. The van der Waals surface area contributed by atoms with E-state index in [0.29, 0.717) is 0 Å². The molecule has 1 aromatic rings. The number of aromatic nitrogens is 2. The SMILES string of the molecule is ClC1(c2ccnnc2)CC1. The molecule has 1 aliphatic rings. The average molecular weight is 155 g/mol. The van der Waals surface area contributed by atoms with Gasteiger partial charge in [-0.1, -0.05) is 0 Å². The van der Waals surface area contributed by atoms with Crippen LogP contribution in [0.3, 0.4) is 0 Å². The topological polar surface area (TPSA) is 25.8 Å². The van der Waals surface area contributed by atoms with Gasteiger partial charge in [-0.2, -0.15) is 10.2 Å². The van der Waals surface area contributed by atoms with Gasteiger partial charge in [0.05, 0.1) is 11.1 Å². The number of hydrogen-bond donors (Lipinski definition) is 0. The van der Waals surface area contributed by atoms with Crippen LogP contribution < -0.4 is 0 Å². The summed E-state index contributed by atoms with van der Waals surface area (Å²) in [5, 5.41) is 7.43. The molecule has 2 nitrogen and oxygen atoms in total. The molecule has 1 fully saturated rings. The molecule has 0 saturated heterocycles. The number of alkyl halides is 1. The number of nitrogens with zero attached hydrogens (tertiary/aromatic N) is 2. The fraction of sp³-hybridized carbons (Fsp3) is 0.429. The third-order valence-corrected chi connectivity index (χ3v) is 2.39. The summed E-state index contributed by atoms with van der Waals surface area (Å²) >= 11 is 6.10. The maximum atomic E-state index is 6.10. The first-order chi connectivity index (χ1) is 4.81. The van der Waals surface area contributed by atoms with Crippen molar-refractivity contribution in [1.29, 1.82) is 0 Å². The van der Waals surface area contributed by atoms with Crippen LogP contribution >= 0.6 is 11.6 Å². The van der Waals surface area contributed by atoms with Crippen LogP contribution in [0.5, 0.6) is 0 Å². The second-order valence-electron chi connectivity index (χ2n) is 2.60. The zero-order chi connectivity index (χ0) is 7.03. The predicted octanol–water partition coefficient (Wildman–Crippen LogP) is 1.70. The summed E-state index contributed by atoms with van der Waals surface area (Å²) in [6.07, 6.45) is 5.55. The highest BCUT2D eigenvalue weighted by molar-refractivity contribution is 6.25. The first kappa shape index (κ1) is 6.10. The molecule has 10 heavy (non-hydrogen) atoms. The van der Waals surface area contributed by atoms with Crippen molar-refractivity contribution in [3.05, 3.63) is 24.0 Å². The Labute approximate surface area is 64.2 Å². The lowest BCUT2D eigenvalue weighted by Gasteiger charge is -2.02. The number of halogens is 1. The van der Waals surface area contributed by atoms with Crippen LogP contribution in [-0.2, 0) is 4.87 Å². The molecule has 3 heteroatoms. The summed E-state index contributed by atoms with van der Waals surface area (Å²) < 4.78 is 0. The van der Waals surface area contributed by atoms with Gasteiger partial charge < -0.3 is 0 Å². The second kappa shape index (κ2) is 1.92. The van der Waals surface area contributed by atoms with Crippen LogP contribution in [0.4, 0.5) is 0 Å². The van der Waals surface area contributed by atoms with Gasteiger partial charge in [0, 0.05) is 6.20 Å². The van der Waals surface area contributed by atoms with Crippen molar-refractivity contribution >= 4 is 11.6 Å². The van der Waals surface area contributed by atoms with Crippen LogP contribution in [0.15, 0.2) is 18.5 Å². The Kier molecular flexibility index (Phi) is 1.17. The lowest BCUT2D eigenvalue weighted by molar-refractivity contribution is 0.936. The third-order valence-electron chi connectivity index (χ3n) is 1.79. The molecule has 1 saturated carbocycles. The zero-order valence-corrected chi connectivity index (χ0v) is 6.17. The minimum Gasteiger partial charge on any atom is -0.159 e. The maximum Gasteiger partial charge on any atom is 0.0712 e. The standard InChI is InChI=1S/C7H7ClN2/c8-7(2-3-7)6-1-4-9-10-5-6/h1,4-5H,2-3H2. The Morgan fingerprint density at radius 3 is 2.70 bits per heavy atom. The smallest absolute Gasteiger partial charge is 0.0712 e. The van der Waals surface area contributed by atoms with Crippen molar-refractivity contribution in [2.24, 2.45) is 0 Å². The van der Waals surface area contributed by atoms with Gasteiger partial charge in [-0.05, 0) is 24.5 Å². The van der Waals surface area contributed by atoms with Crippen molar-refractivity contribution in [3.63, 3.8) is 0 Å². The first-order valence-electron chi connectivity index (χ1n) is 3.27. The molecule has 1 heterocycles. The van der Waals surface area contributed by atoms with Gasteiger partial charge >= 0.3 is 0 Å². The minimum absolute atomic E-state index is 0.0874. The second-order valence-corrected chi connectivity index (χ2v) is 3.32. The van der Waals surface area contributed by atoms with Gasteiger partial charge in [0.2, 0.25) is 0 Å². The number of rotatable bonds is 1. The van der Waals surface area contributed by atoms with E-state index in [4.69, 9.17) is 11.6 Å². The molecule has 0 bridgehead atoms. The van der Waals surface area contributed by atoms with Gasteiger partial charge in [0.1, 0.15) is 0 Å². The molecule has 1 aliphatic carbocycles. The molecule has 1 aromatic heterocycles. The molecule has 0 amide bonds. The minimum atomic E-state index is -0.0874. The van der Waals surface area contributed by atoms with Crippen molar-refractivity contribution in [2.45, 2.75) is 17.7 Å². The van der Waals surface area contributed by atoms with E-state index in [1.54, 1.807) is 12.4 Å². The summed E-state index contributed by atoms with van der Waals surface area (Å²) in [5.74, 6) is 0. The van der Waals surface area contributed by atoms with Crippen LogP contribution in [0, 0.1) is 0 Å². The molecule has 0 unspecified atom stereocenters. The van der Waals surface area contributed by atoms with E-state index in [2.05, 4.69) is 10.2 Å². The van der Waals surface area contributed by atoms with E-state index in [1.807, 2.05) is 6.07 Å². The summed E-state index contributed by atoms with van der Waals surface area (Å²) in [7, 11) is 0. The summed E-state index contributed by atoms with van der Waals surface area (Å²) in [5.41, 5.74) is 1.10. The lowest BCUT2D eigenvalue weighted by Crippen LogP contribution is -1.96. The summed E-state index contributed by atoms with van der Waals surface area (Å²) in [4.78, 5) is -0.0874. The quantitative estimate of drug-likeness (QED) is 0.576. The van der Waals surface area contributed by atoms with Crippen LogP contribution in [0.25, 0.3) is 0 Å². The number of hydrogen-bond acceptors (Lipinski definition) is 2. The summed E-state index contributed by atoms with van der Waals surface area (Å²) in [6, 6.07) is 1.92. The van der Waals surface area contributed by atoms with E-state index in [1.165, 1.54) is 0 Å². The lowest BCUT2D eigenvalue weighted by atomic mass is 10.2. The Morgan fingerprint density at radius 2 is 2.20 bits per heavy atom. The predicted molar refractivity (Wildman–Crippen MR) is 38.8 cm³/mol. The van der Waals surface area contributed by atoms with Crippen molar-refractivity contribution in [2.75, 3.05) is 0 Å². The van der Waals surface area contributed by atoms with Crippen molar-refractivity contribution < 1.29 is 0 Å².